The lowest BCUT2D eigenvalue weighted by Crippen LogP contribution is -2.10. The minimum atomic E-state index is 0.864. The smallest absolute Gasteiger partial charge is 0.137 e. The van der Waals surface area contributed by atoms with E-state index >= 15 is 0 Å². The van der Waals surface area contributed by atoms with Crippen molar-refractivity contribution in [1.82, 2.24) is 9.13 Å². The molecule has 0 bridgehead atoms. The SMILES string of the molecule is c1ccc(-n2c3ccccc3c3cc(N(c4ccc(-c5ccc(-n6c7ccccc7c7cc8ccccc8cc76)cc5)cc4)c4cccc5oc6ccccc6c45)ccc32)cc1. The Hall–Kier alpha value is -8.34. The fourth-order valence-corrected chi connectivity index (χ4v) is 9.86. The summed E-state index contributed by atoms with van der Waals surface area (Å²) in [4.78, 5) is 2.39. The highest BCUT2D eigenvalue weighted by atomic mass is 16.3. The molecule has 13 aromatic rings. The number of anilines is 3. The summed E-state index contributed by atoms with van der Waals surface area (Å²) >= 11 is 0. The van der Waals surface area contributed by atoms with Crippen LogP contribution in [-0.2, 0) is 0 Å². The van der Waals surface area contributed by atoms with Gasteiger partial charge < -0.3 is 18.5 Å². The maximum atomic E-state index is 6.44. The summed E-state index contributed by atoms with van der Waals surface area (Å²) in [7, 11) is 0. The van der Waals surface area contributed by atoms with E-state index in [0.29, 0.717) is 0 Å². The molecule has 10 aromatic carbocycles. The third-order valence-electron chi connectivity index (χ3n) is 12.7. The van der Waals surface area contributed by atoms with Crippen molar-refractivity contribution in [2.45, 2.75) is 0 Å². The van der Waals surface area contributed by atoms with E-state index in [9.17, 15) is 0 Å². The van der Waals surface area contributed by atoms with Crippen LogP contribution in [0.1, 0.15) is 0 Å². The molecule has 0 spiro atoms. The predicted molar refractivity (Wildman–Crippen MR) is 260 cm³/mol. The Morgan fingerprint density at radius 2 is 0.855 bits per heavy atom. The maximum Gasteiger partial charge on any atom is 0.137 e. The van der Waals surface area contributed by atoms with Gasteiger partial charge in [0.25, 0.3) is 0 Å². The molecular formula is C58H37N3O. The Morgan fingerprint density at radius 3 is 1.60 bits per heavy atom. The van der Waals surface area contributed by atoms with Crippen LogP contribution in [0.3, 0.4) is 0 Å². The first kappa shape index (κ1) is 34.5. The van der Waals surface area contributed by atoms with Crippen LogP contribution < -0.4 is 4.90 Å². The zero-order chi connectivity index (χ0) is 40.7. The van der Waals surface area contributed by atoms with E-state index in [4.69, 9.17) is 4.42 Å². The molecule has 0 atom stereocenters. The van der Waals surface area contributed by atoms with Crippen molar-refractivity contribution in [3.63, 3.8) is 0 Å². The summed E-state index contributed by atoms with van der Waals surface area (Å²) in [6.45, 7) is 0. The average Bonchev–Trinajstić information content (AvgIpc) is 3.99. The quantitative estimate of drug-likeness (QED) is 0.168. The molecule has 0 saturated carbocycles. The standard InChI is InChI=1S/C58H37N3O/c1-2-15-42(16-3-1)60-51-20-9-7-18-47(51)50-37-45(33-34-53(50)60)59(54-22-12-24-57-58(54)48-19-8-11-23-56(48)62-57)43-29-25-38(26-30-43)39-27-31-44(32-28-39)61-52-21-10-6-17-46(52)49-35-40-13-4-5-14-41(40)36-55(49)61/h1-37H. The van der Waals surface area contributed by atoms with E-state index in [1.54, 1.807) is 0 Å². The van der Waals surface area contributed by atoms with Crippen molar-refractivity contribution >= 4 is 93.4 Å². The van der Waals surface area contributed by atoms with Gasteiger partial charge in [0.05, 0.1) is 33.1 Å². The number of para-hydroxylation sites is 4. The van der Waals surface area contributed by atoms with Gasteiger partial charge in [0, 0.05) is 49.7 Å². The van der Waals surface area contributed by atoms with Gasteiger partial charge in [-0.15, -0.1) is 0 Å². The summed E-state index contributed by atoms with van der Waals surface area (Å²) in [6.07, 6.45) is 0. The third-order valence-corrected chi connectivity index (χ3v) is 12.7. The van der Waals surface area contributed by atoms with Gasteiger partial charge in [0.2, 0.25) is 0 Å². The van der Waals surface area contributed by atoms with Crippen molar-refractivity contribution in [2.24, 2.45) is 0 Å². The van der Waals surface area contributed by atoms with Crippen molar-refractivity contribution in [3.8, 4) is 22.5 Å². The van der Waals surface area contributed by atoms with Crippen LogP contribution in [-0.4, -0.2) is 9.13 Å². The molecule has 0 N–H and O–H groups in total. The average molecular weight is 792 g/mol. The lowest BCUT2D eigenvalue weighted by Gasteiger charge is -2.26. The van der Waals surface area contributed by atoms with Gasteiger partial charge in [-0.2, -0.15) is 0 Å². The molecule has 4 heteroatoms. The van der Waals surface area contributed by atoms with Gasteiger partial charge >= 0.3 is 0 Å². The highest BCUT2D eigenvalue weighted by Crippen LogP contribution is 2.45. The molecule has 4 nitrogen and oxygen atoms in total. The van der Waals surface area contributed by atoms with E-state index < -0.39 is 0 Å². The third kappa shape index (κ3) is 5.27. The van der Waals surface area contributed by atoms with Crippen molar-refractivity contribution in [1.29, 1.82) is 0 Å². The summed E-state index contributed by atoms with van der Waals surface area (Å²) < 4.78 is 11.2. The molecule has 13 rings (SSSR count). The zero-order valence-corrected chi connectivity index (χ0v) is 33.6. The predicted octanol–water partition coefficient (Wildman–Crippen LogP) is 16.1. The second-order valence-corrected chi connectivity index (χ2v) is 16.1. The molecule has 290 valence electrons. The Kier molecular flexibility index (Phi) is 7.57. The van der Waals surface area contributed by atoms with E-state index in [1.165, 1.54) is 54.4 Å². The van der Waals surface area contributed by atoms with Crippen LogP contribution >= 0.6 is 0 Å². The zero-order valence-electron chi connectivity index (χ0n) is 33.6. The number of hydrogen-bond donors (Lipinski definition) is 0. The monoisotopic (exact) mass is 791 g/mol. The summed E-state index contributed by atoms with van der Waals surface area (Å²) in [5.74, 6) is 0. The highest BCUT2D eigenvalue weighted by molar-refractivity contribution is 6.16. The van der Waals surface area contributed by atoms with Crippen molar-refractivity contribution < 1.29 is 4.42 Å². The molecule has 0 aliphatic carbocycles. The molecule has 0 aliphatic heterocycles. The Balaban J connectivity index is 0.942. The lowest BCUT2D eigenvalue weighted by molar-refractivity contribution is 0.669. The van der Waals surface area contributed by atoms with Crippen LogP contribution in [0.25, 0.3) is 98.8 Å². The number of nitrogens with zero attached hydrogens (tertiary/aromatic N) is 3. The second-order valence-electron chi connectivity index (χ2n) is 16.1. The van der Waals surface area contributed by atoms with Crippen LogP contribution in [0.4, 0.5) is 17.1 Å². The minimum Gasteiger partial charge on any atom is -0.456 e. The maximum absolute atomic E-state index is 6.44. The first-order valence-electron chi connectivity index (χ1n) is 21.2. The Labute approximate surface area is 357 Å². The van der Waals surface area contributed by atoms with Gasteiger partial charge in [-0.05, 0) is 119 Å². The first-order chi connectivity index (χ1) is 30.7. The summed E-state index contributed by atoms with van der Waals surface area (Å²) in [6, 6.07) is 81.0. The van der Waals surface area contributed by atoms with Crippen molar-refractivity contribution in [3.05, 3.63) is 224 Å². The summed E-state index contributed by atoms with van der Waals surface area (Å²) in [5.41, 5.74) is 14.3. The topological polar surface area (TPSA) is 26.2 Å². The van der Waals surface area contributed by atoms with Gasteiger partial charge in [-0.1, -0.05) is 127 Å². The molecule has 0 fully saturated rings. The fraction of sp³-hybridized carbons (Fsp3) is 0. The first-order valence-corrected chi connectivity index (χ1v) is 21.2. The summed E-state index contributed by atoms with van der Waals surface area (Å²) in [5, 5.41) is 9.63. The van der Waals surface area contributed by atoms with E-state index in [0.717, 1.165) is 61.5 Å². The molecular weight excluding hydrogens is 755 g/mol. The van der Waals surface area contributed by atoms with Crippen LogP contribution in [0, 0.1) is 0 Å². The van der Waals surface area contributed by atoms with Gasteiger partial charge in [-0.25, -0.2) is 0 Å². The fourth-order valence-electron chi connectivity index (χ4n) is 9.86. The molecule has 0 aliphatic rings. The van der Waals surface area contributed by atoms with Gasteiger partial charge in [0.15, 0.2) is 0 Å². The molecule has 3 aromatic heterocycles. The number of hydrogen-bond acceptors (Lipinski definition) is 2. The van der Waals surface area contributed by atoms with Crippen LogP contribution in [0.15, 0.2) is 229 Å². The number of benzene rings is 10. The number of rotatable bonds is 6. The van der Waals surface area contributed by atoms with Gasteiger partial charge in [-0.3, -0.25) is 0 Å². The molecule has 0 amide bonds. The number of furan rings is 1. The lowest BCUT2D eigenvalue weighted by atomic mass is 10.0. The van der Waals surface area contributed by atoms with E-state index in [2.05, 4.69) is 232 Å². The highest BCUT2D eigenvalue weighted by Gasteiger charge is 2.22. The molecule has 0 radical (unpaired) electrons. The number of aromatic nitrogens is 2. The van der Waals surface area contributed by atoms with E-state index in [1.807, 2.05) is 6.07 Å². The number of fused-ring (bicyclic) bond motifs is 10. The van der Waals surface area contributed by atoms with Crippen LogP contribution in [0.2, 0.25) is 0 Å². The Morgan fingerprint density at radius 1 is 0.323 bits per heavy atom. The minimum absolute atomic E-state index is 0.864. The molecule has 0 unspecified atom stereocenters. The molecule has 3 heterocycles. The molecule has 62 heavy (non-hydrogen) atoms. The van der Waals surface area contributed by atoms with E-state index in [-0.39, 0.29) is 0 Å². The van der Waals surface area contributed by atoms with Crippen molar-refractivity contribution in [2.75, 3.05) is 4.90 Å². The largest absolute Gasteiger partial charge is 0.456 e. The second kappa shape index (κ2) is 13.6. The Bertz CT molecular complexity index is 3850. The van der Waals surface area contributed by atoms with Crippen LogP contribution in [0.5, 0.6) is 0 Å². The normalized spacial score (nSPS) is 11.9. The van der Waals surface area contributed by atoms with Gasteiger partial charge in [0.1, 0.15) is 11.2 Å². The molecule has 0 saturated heterocycles.